The number of hydrogen-bond acceptors (Lipinski definition) is 5. The van der Waals surface area contributed by atoms with Crippen molar-refractivity contribution in [1.82, 2.24) is 4.98 Å². The number of hydrogen-bond donors (Lipinski definition) is 2. The van der Waals surface area contributed by atoms with Crippen molar-refractivity contribution in [2.24, 2.45) is 10.9 Å². The van der Waals surface area contributed by atoms with E-state index in [0.717, 1.165) is 12.8 Å². The summed E-state index contributed by atoms with van der Waals surface area (Å²) in [4.78, 5) is 3.84. The average Bonchev–Trinajstić information content (AvgIpc) is 2.99. The SMILES string of the molecule is NCc1cncc(OC2CC2)c1S(N)(=O)=O. The van der Waals surface area contributed by atoms with Gasteiger partial charge in [-0.1, -0.05) is 0 Å². The van der Waals surface area contributed by atoms with Gasteiger partial charge in [0.25, 0.3) is 0 Å². The van der Waals surface area contributed by atoms with E-state index in [1.807, 2.05) is 0 Å². The third kappa shape index (κ3) is 2.31. The van der Waals surface area contributed by atoms with Crippen LogP contribution in [0, 0.1) is 0 Å². The van der Waals surface area contributed by atoms with Crippen LogP contribution in [-0.2, 0) is 16.6 Å². The largest absolute Gasteiger partial charge is 0.487 e. The molecule has 1 aromatic rings. The summed E-state index contributed by atoms with van der Waals surface area (Å²) in [7, 11) is -3.84. The molecule has 1 saturated carbocycles. The Hall–Kier alpha value is -1.18. The molecule has 0 radical (unpaired) electrons. The highest BCUT2D eigenvalue weighted by atomic mass is 32.2. The predicted octanol–water partition coefficient (Wildman–Crippen LogP) is -0.271. The molecule has 88 valence electrons. The Kier molecular flexibility index (Phi) is 2.83. The van der Waals surface area contributed by atoms with Gasteiger partial charge in [-0.2, -0.15) is 0 Å². The molecule has 0 unspecified atom stereocenters. The number of rotatable bonds is 4. The first-order valence-electron chi connectivity index (χ1n) is 4.89. The zero-order valence-electron chi connectivity index (χ0n) is 8.59. The topological polar surface area (TPSA) is 108 Å². The molecule has 1 heterocycles. The van der Waals surface area contributed by atoms with Crippen molar-refractivity contribution in [3.8, 4) is 5.75 Å². The van der Waals surface area contributed by atoms with Crippen LogP contribution in [0.2, 0.25) is 0 Å². The molecule has 0 aliphatic heterocycles. The van der Waals surface area contributed by atoms with Crippen molar-refractivity contribution in [1.29, 1.82) is 0 Å². The summed E-state index contributed by atoms with van der Waals surface area (Å²) >= 11 is 0. The molecule has 4 N–H and O–H groups in total. The average molecular weight is 243 g/mol. The van der Waals surface area contributed by atoms with Crippen LogP contribution in [-0.4, -0.2) is 19.5 Å². The van der Waals surface area contributed by atoms with Crippen molar-refractivity contribution < 1.29 is 13.2 Å². The minimum atomic E-state index is -3.84. The van der Waals surface area contributed by atoms with E-state index in [1.54, 1.807) is 0 Å². The number of ether oxygens (including phenoxy) is 1. The van der Waals surface area contributed by atoms with Crippen LogP contribution in [0.25, 0.3) is 0 Å². The van der Waals surface area contributed by atoms with Crippen LogP contribution < -0.4 is 15.6 Å². The smallest absolute Gasteiger partial charge is 0.242 e. The molecular weight excluding hydrogens is 230 g/mol. The molecule has 0 aromatic carbocycles. The fraction of sp³-hybridized carbons (Fsp3) is 0.444. The maximum Gasteiger partial charge on any atom is 0.242 e. The first-order valence-corrected chi connectivity index (χ1v) is 6.43. The lowest BCUT2D eigenvalue weighted by Crippen LogP contribution is -2.18. The highest BCUT2D eigenvalue weighted by Crippen LogP contribution is 2.31. The summed E-state index contributed by atoms with van der Waals surface area (Å²) in [6.45, 7) is 0.0562. The van der Waals surface area contributed by atoms with Crippen molar-refractivity contribution in [2.75, 3.05) is 0 Å². The van der Waals surface area contributed by atoms with E-state index in [4.69, 9.17) is 15.6 Å². The molecule has 0 amide bonds. The monoisotopic (exact) mass is 243 g/mol. The molecule has 0 bridgehead atoms. The molecule has 1 aliphatic carbocycles. The van der Waals surface area contributed by atoms with Gasteiger partial charge in [-0.25, -0.2) is 13.6 Å². The van der Waals surface area contributed by atoms with E-state index in [9.17, 15) is 8.42 Å². The number of nitrogens with two attached hydrogens (primary N) is 2. The molecular formula is C9H13N3O3S. The van der Waals surface area contributed by atoms with E-state index >= 15 is 0 Å². The van der Waals surface area contributed by atoms with Crippen LogP contribution >= 0.6 is 0 Å². The third-order valence-corrected chi connectivity index (χ3v) is 3.29. The van der Waals surface area contributed by atoms with Gasteiger partial charge in [-0.15, -0.1) is 0 Å². The normalized spacial score (nSPS) is 16.1. The van der Waals surface area contributed by atoms with Crippen molar-refractivity contribution >= 4 is 10.0 Å². The summed E-state index contributed by atoms with van der Waals surface area (Å²) in [5.41, 5.74) is 5.82. The summed E-state index contributed by atoms with van der Waals surface area (Å²) in [6.07, 6.45) is 4.68. The first-order chi connectivity index (χ1) is 7.52. The van der Waals surface area contributed by atoms with E-state index in [0.29, 0.717) is 5.56 Å². The van der Waals surface area contributed by atoms with Crippen LogP contribution in [0.3, 0.4) is 0 Å². The Morgan fingerprint density at radius 3 is 2.62 bits per heavy atom. The van der Waals surface area contributed by atoms with E-state index < -0.39 is 10.0 Å². The van der Waals surface area contributed by atoms with E-state index in [-0.39, 0.29) is 23.3 Å². The molecule has 6 nitrogen and oxygen atoms in total. The maximum absolute atomic E-state index is 11.4. The molecule has 0 spiro atoms. The Morgan fingerprint density at radius 2 is 2.12 bits per heavy atom. The lowest BCUT2D eigenvalue weighted by Gasteiger charge is -2.11. The highest BCUT2D eigenvalue weighted by Gasteiger charge is 2.28. The predicted molar refractivity (Wildman–Crippen MR) is 57.2 cm³/mol. The number of primary sulfonamides is 1. The Labute approximate surface area is 93.7 Å². The van der Waals surface area contributed by atoms with Gasteiger partial charge < -0.3 is 10.5 Å². The van der Waals surface area contributed by atoms with Gasteiger partial charge in [0.1, 0.15) is 4.90 Å². The maximum atomic E-state index is 11.4. The van der Waals surface area contributed by atoms with Gasteiger partial charge in [0.2, 0.25) is 10.0 Å². The van der Waals surface area contributed by atoms with Gasteiger partial charge >= 0.3 is 0 Å². The van der Waals surface area contributed by atoms with Crippen molar-refractivity contribution in [3.05, 3.63) is 18.0 Å². The van der Waals surface area contributed by atoms with Crippen LogP contribution in [0.5, 0.6) is 5.75 Å². The van der Waals surface area contributed by atoms with Crippen molar-refractivity contribution in [3.63, 3.8) is 0 Å². The number of aromatic nitrogens is 1. The fourth-order valence-electron chi connectivity index (χ4n) is 1.39. The second-order valence-electron chi connectivity index (χ2n) is 3.69. The van der Waals surface area contributed by atoms with E-state index in [2.05, 4.69) is 4.98 Å². The summed E-state index contributed by atoms with van der Waals surface area (Å²) in [5.74, 6) is 0.202. The van der Waals surface area contributed by atoms with Gasteiger partial charge in [-0.3, -0.25) is 4.98 Å². The Bertz CT molecular complexity index is 497. The fourth-order valence-corrected chi connectivity index (χ4v) is 2.27. The molecule has 16 heavy (non-hydrogen) atoms. The minimum Gasteiger partial charge on any atom is -0.487 e. The molecule has 1 aliphatic rings. The second kappa shape index (κ2) is 4.00. The number of pyridine rings is 1. The van der Waals surface area contributed by atoms with Crippen LogP contribution in [0.1, 0.15) is 18.4 Å². The van der Waals surface area contributed by atoms with Gasteiger partial charge in [0.15, 0.2) is 5.75 Å². The summed E-state index contributed by atoms with van der Waals surface area (Å²) in [6, 6.07) is 0. The third-order valence-electron chi connectivity index (χ3n) is 2.26. The molecule has 1 aromatic heterocycles. The lowest BCUT2D eigenvalue weighted by atomic mass is 10.3. The standard InChI is InChI=1S/C9H13N3O3S/c10-3-6-4-12-5-8(15-7-1-2-7)9(6)16(11,13)14/h4-5,7H,1-3,10H2,(H2,11,13,14). The lowest BCUT2D eigenvalue weighted by molar-refractivity contribution is 0.293. The molecule has 2 rings (SSSR count). The quantitative estimate of drug-likeness (QED) is 0.756. The first kappa shape index (κ1) is 11.3. The Morgan fingerprint density at radius 1 is 1.44 bits per heavy atom. The summed E-state index contributed by atoms with van der Waals surface area (Å²) in [5, 5.41) is 5.14. The zero-order valence-corrected chi connectivity index (χ0v) is 9.40. The minimum absolute atomic E-state index is 0.0445. The number of nitrogens with zero attached hydrogens (tertiary/aromatic N) is 1. The molecule has 1 fully saturated rings. The zero-order chi connectivity index (χ0) is 11.8. The molecule has 0 atom stereocenters. The van der Waals surface area contributed by atoms with Gasteiger partial charge in [0, 0.05) is 18.3 Å². The van der Waals surface area contributed by atoms with Crippen LogP contribution in [0.15, 0.2) is 17.3 Å². The second-order valence-corrected chi connectivity index (χ2v) is 5.19. The van der Waals surface area contributed by atoms with Crippen LogP contribution in [0.4, 0.5) is 0 Å². The van der Waals surface area contributed by atoms with Gasteiger partial charge in [-0.05, 0) is 12.8 Å². The molecule has 0 saturated heterocycles. The highest BCUT2D eigenvalue weighted by molar-refractivity contribution is 7.89. The molecule has 7 heteroatoms. The van der Waals surface area contributed by atoms with E-state index in [1.165, 1.54) is 12.4 Å². The Balaban J connectivity index is 2.49. The summed E-state index contributed by atoms with van der Waals surface area (Å²) < 4.78 is 28.3. The number of sulfonamides is 1. The van der Waals surface area contributed by atoms with Crippen molar-refractivity contribution in [2.45, 2.75) is 30.4 Å². The van der Waals surface area contributed by atoms with Gasteiger partial charge in [0.05, 0.1) is 12.3 Å².